The van der Waals surface area contributed by atoms with Crippen molar-refractivity contribution in [2.75, 3.05) is 119 Å². The molecule has 17 unspecified atom stereocenters. The van der Waals surface area contributed by atoms with E-state index >= 15 is 0 Å². The number of amides is 6. The van der Waals surface area contributed by atoms with E-state index in [-0.39, 0.29) is 268 Å². The molecule has 0 aromatic heterocycles. The summed E-state index contributed by atoms with van der Waals surface area (Å²) in [7, 11) is -2.33. The van der Waals surface area contributed by atoms with Gasteiger partial charge in [-0.15, -0.1) is 0 Å². The molecule has 36 nitrogen and oxygen atoms in total. The standard InChI is InChI=1S/C99H174N6O30Si/c1-67-70(4)92(103-73(7)107)95(132-86(67)61-128-76(10)110)125-52-31-27-40-80(113)36-21-19-23-38-82(115)45-55-121-64-99(58-84(117)42-25-26-43-90(119)102-59-85(135-136(17,18)98(14,15)16)60-131-79(13)124-51-34-30-50-106,65-122-56-46-83(116)39-24-20-22-37-81(114)41-28-32-53-126-96-93(104-74(8)108)71(5)68(2)87(133-96)62-129-77(11)111)66-123-57-47-91(120)101-49-35-48-100-89(118)44-29-33-54-127-97-94(105-75(9)109)72(6)69(3)88(134-97)63-130-78(12)112/h67-72,79,85-88,92-97,106H,19-66H2,1-18H3,(H,100,118)(H,101,120)(H,102,119)(H,103,107)(H,104,108)(H,105,109). The lowest BCUT2D eigenvalue weighted by Crippen LogP contribution is -2.58. The van der Waals surface area contributed by atoms with Gasteiger partial charge in [0.15, 0.2) is 33.5 Å². The first-order valence-corrected chi connectivity index (χ1v) is 53.0. The molecule has 0 spiro atoms. The zero-order valence-corrected chi connectivity index (χ0v) is 86.5. The molecule has 6 amide bonds. The maximum Gasteiger partial charge on any atom is 0.302 e. The van der Waals surface area contributed by atoms with E-state index in [1.54, 1.807) is 6.92 Å². The number of hydrogen-bond donors (Lipinski definition) is 7. The monoisotopic (exact) mass is 1960 g/mol. The van der Waals surface area contributed by atoms with Gasteiger partial charge < -0.3 is 108 Å². The zero-order chi connectivity index (χ0) is 101. The Morgan fingerprint density at radius 1 is 0.368 bits per heavy atom. The third-order valence-electron chi connectivity index (χ3n) is 26.0. The molecule has 3 aliphatic rings. The van der Waals surface area contributed by atoms with E-state index in [4.69, 9.17) is 70.7 Å². The summed E-state index contributed by atoms with van der Waals surface area (Å²) in [6.07, 6.45) is 6.89. The third kappa shape index (κ3) is 53.8. The molecule has 37 heteroatoms. The van der Waals surface area contributed by atoms with Crippen molar-refractivity contribution in [3.05, 3.63) is 0 Å². The van der Waals surface area contributed by atoms with Crippen LogP contribution in [0.15, 0.2) is 0 Å². The number of aliphatic hydroxyl groups excluding tert-OH is 1. The van der Waals surface area contributed by atoms with Crippen LogP contribution in [0, 0.1) is 40.9 Å². The maximum atomic E-state index is 14.5. The third-order valence-corrected chi connectivity index (χ3v) is 30.6. The normalized spacial score (nSPS) is 22.7. The van der Waals surface area contributed by atoms with Crippen molar-refractivity contribution in [2.24, 2.45) is 40.9 Å². The lowest BCUT2D eigenvalue weighted by Gasteiger charge is -2.44. The van der Waals surface area contributed by atoms with Gasteiger partial charge in [0, 0.05) is 183 Å². The minimum atomic E-state index is -2.33. The van der Waals surface area contributed by atoms with Gasteiger partial charge in [0.25, 0.3) is 0 Å². The predicted molar refractivity (Wildman–Crippen MR) is 510 cm³/mol. The van der Waals surface area contributed by atoms with Gasteiger partial charge in [-0.2, -0.15) is 0 Å². The van der Waals surface area contributed by atoms with E-state index in [1.807, 2.05) is 41.5 Å². The Balaban J connectivity index is 1.71. The van der Waals surface area contributed by atoms with Crippen LogP contribution in [0.1, 0.15) is 303 Å². The lowest BCUT2D eigenvalue weighted by molar-refractivity contribution is -0.244. The quantitative estimate of drug-likeness (QED) is 0.00977. The predicted octanol–water partition coefficient (Wildman–Crippen LogP) is 10.9. The van der Waals surface area contributed by atoms with Crippen molar-refractivity contribution < 1.29 is 143 Å². The summed E-state index contributed by atoms with van der Waals surface area (Å²) in [6, 6.07) is -1.28. The number of aliphatic hydroxyl groups is 1. The fraction of sp³-hybridized carbons (Fsp3) is 0.859. The number of Topliss-reactive ketones (excluding diaryl/α,β-unsaturated/α-hetero) is 5. The van der Waals surface area contributed by atoms with Crippen LogP contribution in [0.25, 0.3) is 0 Å². The highest BCUT2D eigenvalue weighted by Gasteiger charge is 2.47. The first kappa shape index (κ1) is 123. The topological polar surface area (TPSA) is 470 Å². The Hall–Kier alpha value is -6.72. The van der Waals surface area contributed by atoms with E-state index in [2.05, 4.69) is 65.8 Å². The molecule has 0 saturated carbocycles. The van der Waals surface area contributed by atoms with Gasteiger partial charge in [-0.3, -0.25) is 67.1 Å². The minimum absolute atomic E-state index is 0.0107. The highest BCUT2D eigenvalue weighted by atomic mass is 28.4. The first-order chi connectivity index (χ1) is 64.5. The van der Waals surface area contributed by atoms with E-state index in [0.717, 1.165) is 0 Å². The molecule has 3 saturated heterocycles. The summed E-state index contributed by atoms with van der Waals surface area (Å²) in [5.74, 6) is -3.10. The Bertz CT molecular complexity index is 3250. The van der Waals surface area contributed by atoms with Crippen LogP contribution in [-0.2, 0) is 138 Å². The second kappa shape index (κ2) is 69.2. The molecule has 0 aromatic rings. The van der Waals surface area contributed by atoms with E-state index in [0.29, 0.717) is 148 Å². The van der Waals surface area contributed by atoms with Crippen LogP contribution in [0.4, 0.5) is 0 Å². The molecular weight excluding hydrogens is 1780 g/mol. The van der Waals surface area contributed by atoms with Crippen molar-refractivity contribution in [3.63, 3.8) is 0 Å². The number of nitrogens with one attached hydrogen (secondary N) is 6. The fourth-order valence-corrected chi connectivity index (χ4v) is 17.4. The summed E-state index contributed by atoms with van der Waals surface area (Å²) >= 11 is 0. The minimum Gasteiger partial charge on any atom is -0.463 e. The van der Waals surface area contributed by atoms with E-state index in [9.17, 15) is 72.2 Å². The summed E-state index contributed by atoms with van der Waals surface area (Å²) in [4.78, 5) is 178. The van der Waals surface area contributed by atoms with Gasteiger partial charge in [-0.25, -0.2) is 0 Å². The number of hydrogen-bond acceptors (Lipinski definition) is 30. The van der Waals surface area contributed by atoms with Crippen LogP contribution in [0.2, 0.25) is 18.1 Å². The summed E-state index contributed by atoms with van der Waals surface area (Å²) in [6.45, 7) is 34.5. The zero-order valence-electron chi connectivity index (χ0n) is 85.5. The first-order valence-electron chi connectivity index (χ1n) is 50.1. The van der Waals surface area contributed by atoms with Crippen LogP contribution < -0.4 is 31.9 Å². The Morgan fingerprint density at radius 3 is 1.06 bits per heavy atom. The second-order valence-electron chi connectivity index (χ2n) is 39.0. The number of ketones is 5. The second-order valence-corrected chi connectivity index (χ2v) is 43.8. The van der Waals surface area contributed by atoms with E-state index in [1.165, 1.54) is 41.5 Å². The van der Waals surface area contributed by atoms with Crippen LogP contribution >= 0.6 is 0 Å². The summed E-state index contributed by atoms with van der Waals surface area (Å²) in [5.41, 5.74) is -1.19. The molecule has 0 radical (unpaired) electrons. The van der Waals surface area contributed by atoms with Gasteiger partial charge in [0.2, 0.25) is 35.4 Å². The lowest BCUT2D eigenvalue weighted by atomic mass is 9.82. The van der Waals surface area contributed by atoms with E-state index < -0.39 is 99.3 Å². The number of rotatable bonds is 77. The largest absolute Gasteiger partial charge is 0.463 e. The van der Waals surface area contributed by atoms with Crippen LogP contribution in [0.3, 0.4) is 0 Å². The molecular formula is C99H174N6O30Si. The highest BCUT2D eigenvalue weighted by molar-refractivity contribution is 6.74. The molecule has 3 aliphatic heterocycles. The smallest absolute Gasteiger partial charge is 0.302 e. The molecule has 3 fully saturated rings. The number of esters is 3. The van der Waals surface area contributed by atoms with Crippen LogP contribution in [0.5, 0.6) is 0 Å². The average molecular weight is 1960 g/mol. The Labute approximate surface area is 810 Å². The number of ether oxygens (including phenoxy) is 14. The summed E-state index contributed by atoms with van der Waals surface area (Å²) in [5, 5.41) is 26.7. The molecule has 0 aromatic carbocycles. The fourth-order valence-electron chi connectivity index (χ4n) is 16.1. The van der Waals surface area contributed by atoms with Gasteiger partial charge in [-0.05, 0) is 157 Å². The molecule has 0 aliphatic carbocycles. The van der Waals surface area contributed by atoms with Gasteiger partial charge in [0.1, 0.15) is 48.7 Å². The molecule has 17 atom stereocenters. The van der Waals surface area contributed by atoms with Gasteiger partial charge in [-0.1, -0.05) is 75.2 Å². The van der Waals surface area contributed by atoms with Crippen molar-refractivity contribution in [1.29, 1.82) is 0 Å². The number of unbranched alkanes of at least 4 members (excludes halogenated alkanes) is 9. The van der Waals surface area contributed by atoms with Gasteiger partial charge >= 0.3 is 17.9 Å². The highest BCUT2D eigenvalue weighted by Crippen LogP contribution is 2.39. The molecule has 0 bridgehead atoms. The Morgan fingerprint density at radius 2 is 0.691 bits per heavy atom. The SMILES string of the molecule is CC(=O)NC1C(OCCCCC(=O)CCCCCC(=O)CCOCC(COCCC(=O)CCCCCC(=O)CCCCOC2OC(COC(C)=O)C(C)C(C)C2NC(C)=O)(COCCC(=O)NCCCNC(=O)CCCCOC2OC(COC(C)=O)C(C)C(C)C2NC(C)=O)CC(=O)CCCCC(=O)NCC(COC(C)OCCCCO)O[Si](C)(C)C(C)(C)C)OC(COC(C)=O)C(C)C1C. The summed E-state index contributed by atoms with van der Waals surface area (Å²) < 4.78 is 90.1. The van der Waals surface area contributed by atoms with Crippen molar-refractivity contribution in [1.82, 2.24) is 31.9 Å². The molecule has 7 N–H and O–H groups in total. The van der Waals surface area contributed by atoms with Crippen LogP contribution in [-0.4, -0.2) is 282 Å². The molecule has 3 rings (SSSR count). The Kier molecular flexibility index (Phi) is 62.8. The van der Waals surface area contributed by atoms with Gasteiger partial charge in [0.05, 0.1) is 88.8 Å². The van der Waals surface area contributed by atoms with Crippen molar-refractivity contribution in [2.45, 2.75) is 389 Å². The molecule has 784 valence electrons. The number of carbonyl (C=O) groups excluding carboxylic acids is 14. The molecule has 3 heterocycles. The average Bonchev–Trinajstić information content (AvgIpc) is 0.807. The maximum absolute atomic E-state index is 14.5. The van der Waals surface area contributed by atoms with Crippen molar-refractivity contribution >= 4 is 90.6 Å². The van der Waals surface area contributed by atoms with Crippen molar-refractivity contribution in [3.8, 4) is 0 Å². The number of carbonyl (C=O) groups is 14. The molecule has 136 heavy (non-hydrogen) atoms.